The molecule has 2 aliphatic heterocycles. The van der Waals surface area contributed by atoms with Gasteiger partial charge >= 0.3 is 0 Å². The monoisotopic (exact) mass is 424 g/mol. The van der Waals surface area contributed by atoms with Gasteiger partial charge in [0.25, 0.3) is 0 Å². The molecule has 160 valence electrons. The number of piperidine rings is 1. The topological polar surface area (TPSA) is 56.3 Å². The summed E-state index contributed by atoms with van der Waals surface area (Å²) in [5, 5.41) is 7.05. The zero-order chi connectivity index (χ0) is 20.9. The van der Waals surface area contributed by atoms with Gasteiger partial charge in [0.1, 0.15) is 11.6 Å². The highest BCUT2D eigenvalue weighted by atomic mass is 32.1. The lowest BCUT2D eigenvalue weighted by Crippen LogP contribution is -2.38. The highest BCUT2D eigenvalue weighted by molar-refractivity contribution is 7.80. The van der Waals surface area contributed by atoms with Crippen molar-refractivity contribution in [1.82, 2.24) is 15.3 Å². The molecule has 0 spiro atoms. The van der Waals surface area contributed by atoms with E-state index in [-0.39, 0.29) is 0 Å². The third kappa shape index (κ3) is 5.19. The van der Waals surface area contributed by atoms with Crippen molar-refractivity contribution in [2.75, 3.05) is 34.8 Å². The first-order chi connectivity index (χ1) is 14.6. The predicted octanol–water partition coefficient (Wildman–Crippen LogP) is 4.25. The lowest BCUT2D eigenvalue weighted by atomic mass is 10.0. The van der Waals surface area contributed by atoms with Gasteiger partial charge in [-0.3, -0.25) is 0 Å². The number of nitrogens with one attached hydrogen (secondary N) is 2. The Kier molecular flexibility index (Phi) is 6.67. The summed E-state index contributed by atoms with van der Waals surface area (Å²) in [6.45, 7) is 8.22. The number of hydrogen-bond donors (Lipinski definition) is 2. The summed E-state index contributed by atoms with van der Waals surface area (Å²) in [7, 11) is 0. The number of aromatic nitrogens is 2. The minimum atomic E-state index is 0.500. The SMILES string of the molecule is Cc1ccc(CNC(=S)Nc2nc(N3CCCC3)cc(N3CCCC[C@@H]3C)n2)cc1. The van der Waals surface area contributed by atoms with Crippen molar-refractivity contribution in [3.05, 3.63) is 41.5 Å². The van der Waals surface area contributed by atoms with Crippen molar-refractivity contribution in [1.29, 1.82) is 0 Å². The van der Waals surface area contributed by atoms with Crippen LogP contribution in [0, 0.1) is 6.92 Å². The third-order valence-corrected chi connectivity index (χ3v) is 6.27. The average molecular weight is 425 g/mol. The second-order valence-electron chi connectivity index (χ2n) is 8.43. The smallest absolute Gasteiger partial charge is 0.232 e. The number of benzene rings is 1. The summed E-state index contributed by atoms with van der Waals surface area (Å²) in [5.74, 6) is 2.58. The molecule has 4 rings (SSSR count). The fraction of sp³-hybridized carbons (Fsp3) is 0.522. The molecule has 2 fully saturated rings. The number of thiocarbonyl (C=S) groups is 1. The van der Waals surface area contributed by atoms with Crippen LogP contribution in [0.5, 0.6) is 0 Å². The average Bonchev–Trinajstić information content (AvgIpc) is 3.28. The number of anilines is 3. The van der Waals surface area contributed by atoms with E-state index in [0.717, 1.165) is 31.3 Å². The minimum absolute atomic E-state index is 0.500. The van der Waals surface area contributed by atoms with Gasteiger partial charge < -0.3 is 20.4 Å². The van der Waals surface area contributed by atoms with Crippen molar-refractivity contribution in [3.8, 4) is 0 Å². The van der Waals surface area contributed by atoms with E-state index in [1.165, 1.54) is 43.2 Å². The largest absolute Gasteiger partial charge is 0.358 e. The molecule has 1 atom stereocenters. The van der Waals surface area contributed by atoms with Gasteiger partial charge in [-0.15, -0.1) is 0 Å². The molecule has 3 heterocycles. The van der Waals surface area contributed by atoms with Gasteiger partial charge in [0.15, 0.2) is 5.11 Å². The quantitative estimate of drug-likeness (QED) is 0.696. The Morgan fingerprint density at radius 1 is 1.03 bits per heavy atom. The molecular formula is C23H32N6S. The van der Waals surface area contributed by atoms with Crippen LogP contribution >= 0.6 is 12.2 Å². The lowest BCUT2D eigenvalue weighted by molar-refractivity contribution is 0.481. The van der Waals surface area contributed by atoms with Crippen LogP contribution in [0.1, 0.15) is 50.2 Å². The first-order valence-corrected chi connectivity index (χ1v) is 11.5. The van der Waals surface area contributed by atoms with E-state index in [1.54, 1.807) is 0 Å². The molecule has 0 unspecified atom stereocenters. The summed E-state index contributed by atoms with van der Waals surface area (Å²) in [6, 6.07) is 11.1. The number of hydrogen-bond acceptors (Lipinski definition) is 5. The van der Waals surface area contributed by atoms with Crippen molar-refractivity contribution in [2.45, 2.75) is 58.5 Å². The van der Waals surface area contributed by atoms with E-state index in [1.807, 2.05) is 0 Å². The van der Waals surface area contributed by atoms with Gasteiger partial charge in [-0.2, -0.15) is 9.97 Å². The second-order valence-corrected chi connectivity index (χ2v) is 8.84. The Balaban J connectivity index is 1.49. The van der Waals surface area contributed by atoms with E-state index in [9.17, 15) is 0 Å². The van der Waals surface area contributed by atoms with Crippen molar-refractivity contribution in [2.24, 2.45) is 0 Å². The zero-order valence-electron chi connectivity index (χ0n) is 18.0. The van der Waals surface area contributed by atoms with Crippen molar-refractivity contribution < 1.29 is 0 Å². The minimum Gasteiger partial charge on any atom is -0.358 e. The van der Waals surface area contributed by atoms with Crippen LogP contribution in [0.4, 0.5) is 17.6 Å². The number of nitrogens with zero attached hydrogens (tertiary/aromatic N) is 4. The van der Waals surface area contributed by atoms with E-state index in [0.29, 0.717) is 23.6 Å². The standard InChI is InChI=1S/C23H32N6S/c1-17-8-10-19(11-9-17)16-24-23(30)27-22-25-20(28-12-5-6-13-28)15-21(26-22)29-14-4-3-7-18(29)2/h8-11,15,18H,3-7,12-14,16H2,1-2H3,(H2,24,25,26,27,30)/t18-/m0/s1. The van der Waals surface area contributed by atoms with Crippen LogP contribution in [0.3, 0.4) is 0 Å². The summed E-state index contributed by atoms with van der Waals surface area (Å²) in [5.41, 5.74) is 2.45. The maximum atomic E-state index is 5.53. The fourth-order valence-corrected chi connectivity index (χ4v) is 4.37. The fourth-order valence-electron chi connectivity index (χ4n) is 4.21. The molecule has 1 aromatic carbocycles. The predicted molar refractivity (Wildman–Crippen MR) is 128 cm³/mol. The molecule has 2 aliphatic rings. The van der Waals surface area contributed by atoms with Crippen LogP contribution in [0.15, 0.2) is 30.3 Å². The number of aryl methyl sites for hydroxylation is 1. The first kappa shape index (κ1) is 20.8. The summed E-state index contributed by atoms with van der Waals surface area (Å²) < 4.78 is 0. The molecule has 7 heteroatoms. The van der Waals surface area contributed by atoms with Gasteiger partial charge in [0, 0.05) is 38.3 Å². The Bertz CT molecular complexity index is 862. The summed E-state index contributed by atoms with van der Waals surface area (Å²) in [4.78, 5) is 14.4. The van der Waals surface area contributed by atoms with Gasteiger partial charge in [-0.1, -0.05) is 29.8 Å². The van der Waals surface area contributed by atoms with E-state index < -0.39 is 0 Å². The van der Waals surface area contributed by atoms with E-state index in [4.69, 9.17) is 22.2 Å². The first-order valence-electron chi connectivity index (χ1n) is 11.1. The van der Waals surface area contributed by atoms with Gasteiger partial charge in [0.2, 0.25) is 5.95 Å². The normalized spacial score (nSPS) is 19.1. The lowest BCUT2D eigenvalue weighted by Gasteiger charge is -2.35. The molecule has 1 aromatic heterocycles. The maximum Gasteiger partial charge on any atom is 0.232 e. The number of rotatable bonds is 5. The molecule has 2 N–H and O–H groups in total. The Morgan fingerprint density at radius 3 is 2.47 bits per heavy atom. The molecule has 0 bridgehead atoms. The van der Waals surface area contributed by atoms with E-state index >= 15 is 0 Å². The van der Waals surface area contributed by atoms with Crippen molar-refractivity contribution in [3.63, 3.8) is 0 Å². The van der Waals surface area contributed by atoms with E-state index in [2.05, 4.69) is 64.6 Å². The van der Waals surface area contributed by atoms with Crippen molar-refractivity contribution >= 4 is 34.9 Å². The molecular weight excluding hydrogens is 392 g/mol. The molecule has 6 nitrogen and oxygen atoms in total. The molecule has 2 aromatic rings. The van der Waals surface area contributed by atoms with Gasteiger partial charge in [-0.25, -0.2) is 0 Å². The molecule has 0 aliphatic carbocycles. The van der Waals surface area contributed by atoms with Gasteiger partial charge in [0.05, 0.1) is 0 Å². The van der Waals surface area contributed by atoms with Crippen LogP contribution in [0.25, 0.3) is 0 Å². The molecule has 2 saturated heterocycles. The zero-order valence-corrected chi connectivity index (χ0v) is 18.8. The molecule has 0 amide bonds. The van der Waals surface area contributed by atoms with Crippen LogP contribution in [-0.2, 0) is 6.54 Å². The Hall–Kier alpha value is -2.41. The highest BCUT2D eigenvalue weighted by Crippen LogP contribution is 2.28. The summed E-state index contributed by atoms with van der Waals surface area (Å²) >= 11 is 5.53. The maximum absolute atomic E-state index is 5.53. The second kappa shape index (κ2) is 9.60. The summed E-state index contributed by atoms with van der Waals surface area (Å²) in [6.07, 6.45) is 6.16. The molecule has 0 saturated carbocycles. The van der Waals surface area contributed by atoms with Gasteiger partial charge in [-0.05, 0) is 63.7 Å². The van der Waals surface area contributed by atoms with Crippen LogP contribution in [0.2, 0.25) is 0 Å². The van der Waals surface area contributed by atoms with Crippen LogP contribution in [-0.4, -0.2) is 40.8 Å². The Labute approximate surface area is 185 Å². The third-order valence-electron chi connectivity index (χ3n) is 6.03. The highest BCUT2D eigenvalue weighted by Gasteiger charge is 2.23. The molecule has 0 radical (unpaired) electrons. The Morgan fingerprint density at radius 2 is 1.73 bits per heavy atom. The molecule has 30 heavy (non-hydrogen) atoms. The van der Waals surface area contributed by atoms with Crippen LogP contribution < -0.4 is 20.4 Å².